The highest BCUT2D eigenvalue weighted by Crippen LogP contribution is 2.38. The molecule has 0 aliphatic heterocycles. The van der Waals surface area contributed by atoms with Gasteiger partial charge in [-0.05, 0) is 80.9 Å². The smallest absolute Gasteiger partial charge is 0.146 e. The van der Waals surface area contributed by atoms with Crippen LogP contribution >= 0.6 is 0 Å². The van der Waals surface area contributed by atoms with Crippen LogP contribution in [0.25, 0.3) is 66.1 Å². The summed E-state index contributed by atoms with van der Waals surface area (Å²) in [5, 5.41) is 4.61. The molecule has 5 nitrogen and oxygen atoms in total. The molecule has 5 aromatic heterocycles. The SMILES string of the molecule is Cc1cccc2c3nc(C(C)(C)c4ccc5c6ccccc6n(-c6ccccc6)c5n4)ccc3n3c4ccccc4nc3c12. The van der Waals surface area contributed by atoms with Gasteiger partial charge in [-0.2, -0.15) is 0 Å². The number of benzene rings is 4. The third kappa shape index (κ3) is 3.38. The molecule has 0 atom stereocenters. The van der Waals surface area contributed by atoms with E-state index in [4.69, 9.17) is 15.0 Å². The van der Waals surface area contributed by atoms with Crippen molar-refractivity contribution in [1.82, 2.24) is 23.9 Å². The molecule has 0 saturated heterocycles. The van der Waals surface area contributed by atoms with E-state index in [0.717, 1.165) is 72.1 Å². The molecular weight excluding hydrogens is 538 g/mol. The van der Waals surface area contributed by atoms with Gasteiger partial charge in [0.05, 0.1) is 39.0 Å². The lowest BCUT2D eigenvalue weighted by Gasteiger charge is -2.25. The molecule has 44 heavy (non-hydrogen) atoms. The highest BCUT2D eigenvalue weighted by Gasteiger charge is 2.29. The predicted octanol–water partition coefficient (Wildman–Crippen LogP) is 9.32. The molecule has 0 bridgehead atoms. The topological polar surface area (TPSA) is 48.0 Å². The summed E-state index contributed by atoms with van der Waals surface area (Å²) in [6.45, 7) is 6.61. The van der Waals surface area contributed by atoms with Gasteiger partial charge in [-0.25, -0.2) is 15.0 Å². The first-order chi connectivity index (χ1) is 21.5. The number of aryl methyl sites for hydroxylation is 1. The molecule has 0 radical (unpaired) electrons. The average molecular weight is 568 g/mol. The normalized spacial score (nSPS) is 12.4. The van der Waals surface area contributed by atoms with Crippen molar-refractivity contribution in [2.24, 2.45) is 0 Å². The maximum absolute atomic E-state index is 5.44. The van der Waals surface area contributed by atoms with Crippen LogP contribution < -0.4 is 0 Å². The number of para-hydroxylation sites is 4. The van der Waals surface area contributed by atoms with Crippen molar-refractivity contribution < 1.29 is 0 Å². The monoisotopic (exact) mass is 567 g/mol. The van der Waals surface area contributed by atoms with Crippen molar-refractivity contribution >= 4 is 60.4 Å². The van der Waals surface area contributed by atoms with Crippen LogP contribution in [0.2, 0.25) is 0 Å². The molecule has 9 rings (SSSR count). The van der Waals surface area contributed by atoms with Crippen molar-refractivity contribution in [2.45, 2.75) is 26.2 Å². The summed E-state index contributed by atoms with van der Waals surface area (Å²) < 4.78 is 4.54. The van der Waals surface area contributed by atoms with E-state index in [-0.39, 0.29) is 0 Å². The largest absolute Gasteiger partial charge is 0.294 e. The molecule has 5 heteroatoms. The maximum atomic E-state index is 5.44. The molecule has 4 aromatic carbocycles. The van der Waals surface area contributed by atoms with Crippen LogP contribution in [0.5, 0.6) is 0 Å². The van der Waals surface area contributed by atoms with Crippen LogP contribution in [0.1, 0.15) is 30.8 Å². The maximum Gasteiger partial charge on any atom is 0.146 e. The van der Waals surface area contributed by atoms with Gasteiger partial charge < -0.3 is 0 Å². The fraction of sp³-hybridized carbons (Fsp3) is 0.103. The number of aromatic nitrogens is 5. The summed E-state index contributed by atoms with van der Waals surface area (Å²) in [7, 11) is 0. The van der Waals surface area contributed by atoms with Gasteiger partial charge >= 0.3 is 0 Å². The fourth-order valence-electron chi connectivity index (χ4n) is 6.94. The van der Waals surface area contributed by atoms with Crippen LogP contribution in [0.4, 0.5) is 0 Å². The molecule has 0 unspecified atom stereocenters. The molecule has 0 spiro atoms. The van der Waals surface area contributed by atoms with Gasteiger partial charge in [-0.1, -0.05) is 66.7 Å². The number of rotatable bonds is 3. The summed E-state index contributed by atoms with van der Waals surface area (Å²) in [6.07, 6.45) is 0. The summed E-state index contributed by atoms with van der Waals surface area (Å²) in [5.74, 6) is 0. The Kier molecular flexibility index (Phi) is 5.10. The minimum atomic E-state index is -0.456. The molecule has 0 aliphatic rings. The molecule has 0 aliphatic carbocycles. The van der Waals surface area contributed by atoms with E-state index in [1.807, 2.05) is 6.07 Å². The molecule has 0 amide bonds. The number of imidazole rings is 1. The number of pyridine rings is 3. The molecule has 0 fully saturated rings. The molecule has 0 N–H and O–H groups in total. The Balaban J connectivity index is 1.31. The van der Waals surface area contributed by atoms with Crippen molar-refractivity contribution in [2.75, 3.05) is 0 Å². The van der Waals surface area contributed by atoms with E-state index in [9.17, 15) is 0 Å². The Bertz CT molecular complexity index is 2590. The van der Waals surface area contributed by atoms with Crippen LogP contribution in [0.15, 0.2) is 121 Å². The fourth-order valence-corrected chi connectivity index (χ4v) is 6.94. The Morgan fingerprint density at radius 1 is 0.523 bits per heavy atom. The molecule has 5 heterocycles. The van der Waals surface area contributed by atoms with Gasteiger partial charge in [0.25, 0.3) is 0 Å². The van der Waals surface area contributed by atoms with Crippen molar-refractivity contribution in [3.63, 3.8) is 0 Å². The molecule has 210 valence electrons. The van der Waals surface area contributed by atoms with E-state index in [1.165, 1.54) is 10.9 Å². The third-order valence-corrected chi connectivity index (χ3v) is 9.24. The lowest BCUT2D eigenvalue weighted by atomic mass is 9.84. The Morgan fingerprint density at radius 3 is 2.09 bits per heavy atom. The lowest BCUT2D eigenvalue weighted by molar-refractivity contribution is 0.600. The van der Waals surface area contributed by atoms with Gasteiger partial charge in [-0.15, -0.1) is 0 Å². The average Bonchev–Trinajstić information content (AvgIpc) is 3.61. The second kappa shape index (κ2) is 8.98. The van der Waals surface area contributed by atoms with Gasteiger partial charge in [0, 0.05) is 32.6 Å². The second-order valence-electron chi connectivity index (χ2n) is 12.2. The van der Waals surface area contributed by atoms with Gasteiger partial charge in [0.15, 0.2) is 0 Å². The second-order valence-corrected chi connectivity index (χ2v) is 12.2. The lowest BCUT2D eigenvalue weighted by Crippen LogP contribution is -2.22. The summed E-state index contributed by atoms with van der Waals surface area (Å²) in [4.78, 5) is 15.9. The third-order valence-electron chi connectivity index (χ3n) is 9.24. The summed E-state index contributed by atoms with van der Waals surface area (Å²) in [6, 6.07) is 42.6. The van der Waals surface area contributed by atoms with Crippen molar-refractivity contribution in [3.8, 4) is 5.69 Å². The summed E-state index contributed by atoms with van der Waals surface area (Å²) in [5.41, 5.74) is 11.0. The first-order valence-electron chi connectivity index (χ1n) is 15.1. The van der Waals surface area contributed by atoms with Gasteiger partial charge in [0.1, 0.15) is 11.3 Å². The Hall–Kier alpha value is -5.55. The van der Waals surface area contributed by atoms with E-state index in [0.29, 0.717) is 0 Å². The van der Waals surface area contributed by atoms with Crippen LogP contribution in [0, 0.1) is 6.92 Å². The van der Waals surface area contributed by atoms with E-state index < -0.39 is 5.41 Å². The minimum absolute atomic E-state index is 0.456. The number of nitrogens with zero attached hydrogens (tertiary/aromatic N) is 5. The zero-order chi connectivity index (χ0) is 29.6. The number of fused-ring (bicyclic) bond motifs is 11. The van der Waals surface area contributed by atoms with Crippen LogP contribution in [0.3, 0.4) is 0 Å². The highest BCUT2D eigenvalue weighted by molar-refractivity contribution is 6.13. The zero-order valence-electron chi connectivity index (χ0n) is 24.8. The Labute approximate surface area is 254 Å². The zero-order valence-corrected chi connectivity index (χ0v) is 24.8. The van der Waals surface area contributed by atoms with Crippen molar-refractivity contribution in [3.05, 3.63) is 138 Å². The molecule has 0 saturated carbocycles. The summed E-state index contributed by atoms with van der Waals surface area (Å²) >= 11 is 0. The highest BCUT2D eigenvalue weighted by atomic mass is 15.1. The minimum Gasteiger partial charge on any atom is -0.294 e. The molecular formula is C39H29N5. The number of hydrogen-bond donors (Lipinski definition) is 0. The van der Waals surface area contributed by atoms with Gasteiger partial charge in [-0.3, -0.25) is 8.97 Å². The van der Waals surface area contributed by atoms with Crippen LogP contribution in [-0.2, 0) is 5.41 Å². The first-order valence-corrected chi connectivity index (χ1v) is 15.1. The molecule has 9 aromatic rings. The van der Waals surface area contributed by atoms with Crippen LogP contribution in [-0.4, -0.2) is 23.9 Å². The van der Waals surface area contributed by atoms with E-state index in [2.05, 4.69) is 145 Å². The van der Waals surface area contributed by atoms with E-state index >= 15 is 0 Å². The quantitative estimate of drug-likeness (QED) is 0.200. The standard InChI is InChI=1S/C39H29N5/c1-24-12-11-16-28-35(24)38-40-29-17-8-10-19-31(29)44(38)32-21-23-33(41-36(28)32)39(2,3)34-22-20-27-26-15-7-9-18-30(26)43(37(27)42-34)25-13-5-4-6-14-25/h4-23H,1-3H3. The Morgan fingerprint density at radius 2 is 1.23 bits per heavy atom. The predicted molar refractivity (Wildman–Crippen MR) is 181 cm³/mol. The van der Waals surface area contributed by atoms with Gasteiger partial charge in [0.2, 0.25) is 0 Å². The first kappa shape index (κ1) is 25.0. The van der Waals surface area contributed by atoms with E-state index in [1.54, 1.807) is 0 Å². The number of hydrogen-bond acceptors (Lipinski definition) is 3. The van der Waals surface area contributed by atoms with Crippen molar-refractivity contribution in [1.29, 1.82) is 0 Å².